The predicted molar refractivity (Wildman–Crippen MR) is 105 cm³/mol. The van der Waals surface area contributed by atoms with Crippen molar-refractivity contribution >= 4 is 22.4 Å². The summed E-state index contributed by atoms with van der Waals surface area (Å²) in [5.41, 5.74) is 0. The molecule has 0 heterocycles. The number of aliphatic hydroxyl groups is 1. The topological polar surface area (TPSA) is 29.5 Å². The van der Waals surface area contributed by atoms with E-state index in [1.807, 2.05) is 18.2 Å². The first-order valence-corrected chi connectivity index (χ1v) is 9.85. The van der Waals surface area contributed by atoms with E-state index in [-0.39, 0.29) is 50.1 Å². The number of alkyl halides is 1. The van der Waals surface area contributed by atoms with Gasteiger partial charge >= 0.3 is 0 Å². The quantitative estimate of drug-likeness (QED) is 0.323. The number of aliphatic hydroxyl groups excluding tert-OH is 1. The molecule has 1 aliphatic carbocycles. The Morgan fingerprint density at radius 3 is 2.58 bits per heavy atom. The van der Waals surface area contributed by atoms with Crippen LogP contribution < -0.4 is 4.74 Å². The second-order valence-electron chi connectivity index (χ2n) is 7.17. The molecule has 0 aliphatic heterocycles. The molecule has 2 nitrogen and oxygen atoms in total. The molecule has 1 saturated carbocycles. The first kappa shape index (κ1) is 22.1. The van der Waals surface area contributed by atoms with E-state index in [0.29, 0.717) is 18.9 Å². The third kappa shape index (κ3) is 5.68. The summed E-state index contributed by atoms with van der Waals surface area (Å²) in [5.74, 6) is 1.32. The molecule has 4 atom stereocenters. The maximum absolute atomic E-state index is 10.4. The standard InChI is InChI=1S/C22H28ClO2.Y/c1-2-3-4-5-10-19-20(22(24)14-21(19)23)15-25-18-12-11-16-8-6-7-9-17(16)13-18;/h6-9,11-13,19-22,24H,1-5,10,14-15H2;/q-1;/t19-,20-,21-,22-;/m1./s1. The van der Waals surface area contributed by atoms with Gasteiger partial charge in [-0.05, 0) is 41.7 Å². The van der Waals surface area contributed by atoms with Gasteiger partial charge in [-0.15, -0.1) is 11.6 Å². The first-order valence-electron chi connectivity index (χ1n) is 9.42. The first-order chi connectivity index (χ1) is 12.2. The van der Waals surface area contributed by atoms with Crippen molar-refractivity contribution in [2.24, 2.45) is 11.8 Å². The molecule has 4 heteroatoms. The number of unbranched alkanes of at least 4 members (excludes halogenated alkanes) is 3. The van der Waals surface area contributed by atoms with Gasteiger partial charge in [0.1, 0.15) is 5.75 Å². The van der Waals surface area contributed by atoms with Gasteiger partial charge in [-0.3, -0.25) is 0 Å². The number of fused-ring (bicyclic) bond motifs is 1. The minimum atomic E-state index is -0.360. The third-order valence-electron chi connectivity index (χ3n) is 5.43. The summed E-state index contributed by atoms with van der Waals surface area (Å²) >= 11 is 6.51. The summed E-state index contributed by atoms with van der Waals surface area (Å²) in [6.45, 7) is 4.43. The number of rotatable bonds is 8. The molecule has 0 bridgehead atoms. The van der Waals surface area contributed by atoms with Crippen LogP contribution in [0.15, 0.2) is 42.5 Å². The van der Waals surface area contributed by atoms with Gasteiger partial charge in [0.05, 0.1) is 12.7 Å². The summed E-state index contributed by atoms with van der Waals surface area (Å²) < 4.78 is 6.05. The van der Waals surface area contributed by atoms with E-state index in [9.17, 15) is 5.11 Å². The molecule has 1 aliphatic rings. The fraction of sp³-hybridized carbons (Fsp3) is 0.500. The van der Waals surface area contributed by atoms with Crippen LogP contribution in [0.25, 0.3) is 10.8 Å². The second kappa shape index (κ2) is 11.0. The van der Waals surface area contributed by atoms with Gasteiger partial charge in [-0.2, -0.15) is 6.42 Å². The van der Waals surface area contributed by atoms with E-state index in [0.717, 1.165) is 25.0 Å². The Hall–Kier alpha value is -0.146. The molecule has 1 radical (unpaired) electrons. The summed E-state index contributed by atoms with van der Waals surface area (Å²) in [7, 11) is 0. The molecule has 2 aromatic carbocycles. The van der Waals surface area contributed by atoms with E-state index in [4.69, 9.17) is 16.3 Å². The van der Waals surface area contributed by atoms with Crippen LogP contribution in [-0.4, -0.2) is 23.2 Å². The smallest absolute Gasteiger partial charge is 0.119 e. The molecule has 26 heavy (non-hydrogen) atoms. The Morgan fingerprint density at radius 2 is 1.81 bits per heavy atom. The number of hydrogen-bond donors (Lipinski definition) is 1. The number of hydrogen-bond acceptors (Lipinski definition) is 2. The predicted octanol–water partition coefficient (Wildman–Crippen LogP) is 5.61. The van der Waals surface area contributed by atoms with Crippen molar-refractivity contribution in [3.63, 3.8) is 0 Å². The maximum atomic E-state index is 10.4. The summed E-state index contributed by atoms with van der Waals surface area (Å²) in [4.78, 5) is 0. The molecule has 139 valence electrons. The molecule has 0 spiro atoms. The molecule has 1 fully saturated rings. The van der Waals surface area contributed by atoms with Crippen molar-refractivity contribution in [3.8, 4) is 5.75 Å². The van der Waals surface area contributed by atoms with Crippen LogP contribution in [0.5, 0.6) is 5.75 Å². The Morgan fingerprint density at radius 1 is 1.04 bits per heavy atom. The van der Waals surface area contributed by atoms with Crippen LogP contribution in [0.4, 0.5) is 0 Å². The van der Waals surface area contributed by atoms with Crippen molar-refractivity contribution in [2.75, 3.05) is 6.61 Å². The maximum Gasteiger partial charge on any atom is 0.119 e. The third-order valence-corrected chi connectivity index (χ3v) is 5.93. The van der Waals surface area contributed by atoms with Gasteiger partial charge in [0.15, 0.2) is 0 Å². The van der Waals surface area contributed by atoms with Gasteiger partial charge in [0.25, 0.3) is 0 Å². The van der Waals surface area contributed by atoms with Crippen molar-refractivity contribution in [1.82, 2.24) is 0 Å². The second-order valence-corrected chi connectivity index (χ2v) is 7.73. The number of benzene rings is 2. The van der Waals surface area contributed by atoms with Crippen molar-refractivity contribution < 1.29 is 42.6 Å². The minimum Gasteiger partial charge on any atom is -0.493 e. The van der Waals surface area contributed by atoms with Crippen molar-refractivity contribution in [3.05, 3.63) is 49.4 Å². The van der Waals surface area contributed by atoms with E-state index in [1.165, 1.54) is 23.6 Å². The van der Waals surface area contributed by atoms with E-state index < -0.39 is 0 Å². The average molecular weight is 449 g/mol. The summed E-state index contributed by atoms with van der Waals surface area (Å²) in [6, 6.07) is 14.4. The Balaban J connectivity index is 0.00000243. The van der Waals surface area contributed by atoms with Crippen LogP contribution in [0.1, 0.15) is 38.5 Å². The monoisotopic (exact) mass is 448 g/mol. The van der Waals surface area contributed by atoms with Gasteiger partial charge in [-0.1, -0.05) is 49.6 Å². The molecule has 0 unspecified atom stereocenters. The fourth-order valence-corrected chi connectivity index (χ4v) is 4.44. The van der Waals surface area contributed by atoms with Gasteiger partial charge < -0.3 is 16.8 Å². The van der Waals surface area contributed by atoms with Crippen molar-refractivity contribution in [2.45, 2.75) is 50.0 Å². The van der Waals surface area contributed by atoms with E-state index in [1.54, 1.807) is 0 Å². The fourth-order valence-electron chi connectivity index (χ4n) is 3.95. The van der Waals surface area contributed by atoms with Crippen LogP contribution in [0.3, 0.4) is 0 Å². The number of ether oxygens (including phenoxy) is 1. The molecule has 2 aromatic rings. The van der Waals surface area contributed by atoms with E-state index >= 15 is 0 Å². The Kier molecular flexibility index (Phi) is 9.37. The average Bonchev–Trinajstić information content (AvgIpc) is 2.89. The van der Waals surface area contributed by atoms with Crippen molar-refractivity contribution in [1.29, 1.82) is 0 Å². The summed E-state index contributed by atoms with van der Waals surface area (Å²) in [6.07, 6.45) is 5.89. The largest absolute Gasteiger partial charge is 0.493 e. The molecular weight excluding hydrogens is 421 g/mol. The van der Waals surface area contributed by atoms with Crippen LogP contribution in [-0.2, 0) is 32.7 Å². The van der Waals surface area contributed by atoms with Gasteiger partial charge in [-0.25, -0.2) is 0 Å². The number of halogens is 1. The molecule has 3 rings (SSSR count). The molecular formula is C22H28ClO2Y-. The zero-order valence-corrected chi connectivity index (χ0v) is 18.9. The van der Waals surface area contributed by atoms with Crippen LogP contribution in [0, 0.1) is 18.8 Å². The minimum absolute atomic E-state index is 0. The Labute approximate surface area is 187 Å². The molecule has 0 aromatic heterocycles. The van der Waals surface area contributed by atoms with Gasteiger partial charge in [0.2, 0.25) is 0 Å². The summed E-state index contributed by atoms with van der Waals surface area (Å²) in [5, 5.41) is 12.8. The SMILES string of the molecule is [CH2-]CCCCC[C@@H]1[C@@H](COc2ccc3ccccc3c2)[C@H](O)C[C@H]1Cl.[Y]. The van der Waals surface area contributed by atoms with Gasteiger partial charge in [0, 0.05) is 44.0 Å². The molecule has 0 saturated heterocycles. The Bertz CT molecular complexity index is 678. The molecule has 0 amide bonds. The zero-order chi connectivity index (χ0) is 17.6. The molecule has 1 N–H and O–H groups in total. The van der Waals surface area contributed by atoms with Crippen LogP contribution >= 0.6 is 11.6 Å². The van der Waals surface area contributed by atoms with Crippen LogP contribution in [0.2, 0.25) is 0 Å². The van der Waals surface area contributed by atoms with E-state index in [2.05, 4.69) is 31.2 Å². The normalized spacial score (nSPS) is 25.2. The zero-order valence-electron chi connectivity index (χ0n) is 15.3.